The van der Waals surface area contributed by atoms with Crippen molar-refractivity contribution in [2.75, 3.05) is 11.1 Å². The summed E-state index contributed by atoms with van der Waals surface area (Å²) in [6.07, 6.45) is 3.16. The third-order valence-corrected chi connectivity index (χ3v) is 2.37. The molecule has 2 rings (SSSR count). The summed E-state index contributed by atoms with van der Waals surface area (Å²) in [5.41, 5.74) is 6.91. The maximum Gasteiger partial charge on any atom is 0.147 e. The van der Waals surface area contributed by atoms with Gasteiger partial charge in [0, 0.05) is 0 Å². The third-order valence-electron chi connectivity index (χ3n) is 2.04. The van der Waals surface area contributed by atoms with E-state index in [2.05, 4.69) is 15.3 Å². The van der Waals surface area contributed by atoms with Crippen molar-refractivity contribution in [2.24, 2.45) is 0 Å². The zero-order valence-corrected chi connectivity index (χ0v) is 9.28. The Kier molecular flexibility index (Phi) is 3.22. The predicted molar refractivity (Wildman–Crippen MR) is 65.2 cm³/mol. The first-order valence-corrected chi connectivity index (χ1v) is 5.18. The summed E-state index contributed by atoms with van der Waals surface area (Å²) < 4.78 is 0. The molecule has 4 nitrogen and oxygen atoms in total. The van der Waals surface area contributed by atoms with Crippen molar-refractivity contribution in [3.63, 3.8) is 0 Å². The number of nitrogens with two attached hydrogens (primary N) is 1. The highest BCUT2D eigenvalue weighted by Gasteiger charge is 1.99. The number of hydrogen-bond acceptors (Lipinski definition) is 4. The summed E-state index contributed by atoms with van der Waals surface area (Å²) in [7, 11) is 0. The fraction of sp³-hybridized carbons (Fsp3) is 0.0909. The zero-order valence-electron chi connectivity index (χ0n) is 8.52. The lowest BCUT2D eigenvalue weighted by Crippen LogP contribution is -2.04. The standard InChI is InChI=1S/C11H11ClN4/c12-9-3-1-2-4-10(9)14-7-11-15-5-8(13)6-16-11/h1-6,14H,7,13H2. The van der Waals surface area contributed by atoms with Gasteiger partial charge >= 0.3 is 0 Å². The minimum atomic E-state index is 0.518. The lowest BCUT2D eigenvalue weighted by Gasteiger charge is -2.06. The number of nitrogens with zero attached hydrogens (tertiary/aromatic N) is 2. The van der Waals surface area contributed by atoms with E-state index in [9.17, 15) is 0 Å². The number of nitrogen functional groups attached to an aromatic ring is 1. The SMILES string of the molecule is Nc1cnc(CNc2ccccc2Cl)nc1. The molecule has 0 aliphatic rings. The topological polar surface area (TPSA) is 63.8 Å². The molecule has 0 aliphatic carbocycles. The Hall–Kier alpha value is -1.81. The number of anilines is 2. The molecule has 0 amide bonds. The van der Waals surface area contributed by atoms with Crippen molar-refractivity contribution in [1.29, 1.82) is 0 Å². The van der Waals surface area contributed by atoms with Crippen molar-refractivity contribution in [1.82, 2.24) is 9.97 Å². The average Bonchev–Trinajstić information content (AvgIpc) is 2.30. The number of nitrogens with one attached hydrogen (secondary N) is 1. The highest BCUT2D eigenvalue weighted by Crippen LogP contribution is 2.20. The molecule has 16 heavy (non-hydrogen) atoms. The van der Waals surface area contributed by atoms with Gasteiger partial charge in [0.05, 0.1) is 35.3 Å². The molecule has 0 saturated heterocycles. The van der Waals surface area contributed by atoms with Crippen molar-refractivity contribution >= 4 is 23.0 Å². The van der Waals surface area contributed by atoms with Crippen LogP contribution in [0.5, 0.6) is 0 Å². The van der Waals surface area contributed by atoms with Crippen LogP contribution in [0.15, 0.2) is 36.7 Å². The Labute approximate surface area is 98.5 Å². The van der Waals surface area contributed by atoms with Crippen molar-refractivity contribution in [2.45, 2.75) is 6.54 Å². The summed E-state index contributed by atoms with van der Waals surface area (Å²) in [5, 5.41) is 3.83. The molecule has 0 atom stereocenters. The van der Waals surface area contributed by atoms with Crippen LogP contribution in [0.4, 0.5) is 11.4 Å². The molecule has 2 aromatic rings. The Morgan fingerprint density at radius 3 is 2.56 bits per heavy atom. The number of rotatable bonds is 3. The lowest BCUT2D eigenvalue weighted by molar-refractivity contribution is 0.951. The molecular weight excluding hydrogens is 224 g/mol. The summed E-state index contributed by atoms with van der Waals surface area (Å²) in [6.45, 7) is 0.518. The number of hydrogen-bond donors (Lipinski definition) is 2. The molecule has 0 unspecified atom stereocenters. The van der Waals surface area contributed by atoms with Gasteiger partial charge in [-0.15, -0.1) is 0 Å². The maximum absolute atomic E-state index is 5.99. The first-order valence-electron chi connectivity index (χ1n) is 4.80. The van der Waals surface area contributed by atoms with E-state index in [0.717, 1.165) is 5.69 Å². The molecule has 0 radical (unpaired) electrons. The fourth-order valence-corrected chi connectivity index (χ4v) is 1.44. The van der Waals surface area contributed by atoms with E-state index < -0.39 is 0 Å². The second kappa shape index (κ2) is 4.81. The zero-order chi connectivity index (χ0) is 11.4. The van der Waals surface area contributed by atoms with Crippen LogP contribution < -0.4 is 11.1 Å². The van der Waals surface area contributed by atoms with Gasteiger partial charge in [-0.3, -0.25) is 0 Å². The van der Waals surface area contributed by atoms with Gasteiger partial charge in [0.2, 0.25) is 0 Å². The Morgan fingerprint density at radius 2 is 1.88 bits per heavy atom. The van der Waals surface area contributed by atoms with Gasteiger partial charge in [0.25, 0.3) is 0 Å². The van der Waals surface area contributed by atoms with Crippen LogP contribution in [0.3, 0.4) is 0 Å². The highest BCUT2D eigenvalue weighted by molar-refractivity contribution is 6.33. The first-order chi connectivity index (χ1) is 7.75. The number of benzene rings is 1. The second-order valence-corrected chi connectivity index (χ2v) is 3.67. The Morgan fingerprint density at radius 1 is 1.19 bits per heavy atom. The van der Waals surface area contributed by atoms with Crippen LogP contribution in [-0.4, -0.2) is 9.97 Å². The first kappa shape index (κ1) is 10.7. The Balaban J connectivity index is 2.02. The number of aromatic nitrogens is 2. The van der Waals surface area contributed by atoms with Gasteiger partial charge in [-0.1, -0.05) is 23.7 Å². The largest absolute Gasteiger partial charge is 0.396 e. The molecule has 0 saturated carbocycles. The van der Waals surface area contributed by atoms with Crippen molar-refractivity contribution in [3.05, 3.63) is 47.5 Å². The van der Waals surface area contributed by atoms with Crippen LogP contribution >= 0.6 is 11.6 Å². The molecular formula is C11H11ClN4. The fourth-order valence-electron chi connectivity index (χ4n) is 1.23. The minimum Gasteiger partial charge on any atom is -0.396 e. The van der Waals surface area contributed by atoms with Gasteiger partial charge in [0.1, 0.15) is 5.82 Å². The minimum absolute atomic E-state index is 0.518. The van der Waals surface area contributed by atoms with Crippen molar-refractivity contribution in [3.8, 4) is 0 Å². The summed E-state index contributed by atoms with van der Waals surface area (Å²) >= 11 is 5.99. The van der Waals surface area contributed by atoms with E-state index in [1.807, 2.05) is 24.3 Å². The highest BCUT2D eigenvalue weighted by atomic mass is 35.5. The molecule has 1 heterocycles. The quantitative estimate of drug-likeness (QED) is 0.856. The normalized spacial score (nSPS) is 10.1. The maximum atomic E-state index is 5.99. The average molecular weight is 235 g/mol. The lowest BCUT2D eigenvalue weighted by atomic mass is 10.3. The second-order valence-electron chi connectivity index (χ2n) is 3.27. The van der Waals surface area contributed by atoms with E-state index >= 15 is 0 Å². The predicted octanol–water partition coefficient (Wildman–Crippen LogP) is 2.32. The van der Waals surface area contributed by atoms with Crippen LogP contribution in [0.1, 0.15) is 5.82 Å². The number of para-hydroxylation sites is 1. The summed E-state index contributed by atoms with van der Waals surface area (Å²) in [4.78, 5) is 8.16. The molecule has 82 valence electrons. The van der Waals surface area contributed by atoms with E-state index in [0.29, 0.717) is 23.1 Å². The van der Waals surface area contributed by atoms with Crippen LogP contribution in [0, 0.1) is 0 Å². The van der Waals surface area contributed by atoms with Gasteiger partial charge in [-0.2, -0.15) is 0 Å². The van der Waals surface area contributed by atoms with Gasteiger partial charge < -0.3 is 11.1 Å². The molecule has 1 aromatic heterocycles. The summed E-state index contributed by atoms with van der Waals surface area (Å²) in [5.74, 6) is 0.675. The van der Waals surface area contributed by atoms with Crippen LogP contribution in [0.25, 0.3) is 0 Å². The van der Waals surface area contributed by atoms with Crippen LogP contribution in [0.2, 0.25) is 5.02 Å². The van der Waals surface area contributed by atoms with Gasteiger partial charge in [0.15, 0.2) is 0 Å². The van der Waals surface area contributed by atoms with Crippen LogP contribution in [-0.2, 0) is 6.54 Å². The van der Waals surface area contributed by atoms with Crippen molar-refractivity contribution < 1.29 is 0 Å². The summed E-state index contributed by atoms with van der Waals surface area (Å²) in [6, 6.07) is 7.53. The Bertz CT molecular complexity index is 470. The monoisotopic (exact) mass is 234 g/mol. The molecule has 0 bridgehead atoms. The smallest absolute Gasteiger partial charge is 0.147 e. The van der Waals surface area contributed by atoms with E-state index in [1.165, 1.54) is 0 Å². The van der Waals surface area contributed by atoms with Gasteiger partial charge in [-0.05, 0) is 12.1 Å². The molecule has 5 heteroatoms. The van der Waals surface area contributed by atoms with Gasteiger partial charge in [-0.25, -0.2) is 9.97 Å². The molecule has 0 aliphatic heterocycles. The van der Waals surface area contributed by atoms with E-state index in [1.54, 1.807) is 12.4 Å². The molecule has 3 N–H and O–H groups in total. The number of halogens is 1. The molecule has 0 fully saturated rings. The molecule has 1 aromatic carbocycles. The van der Waals surface area contributed by atoms with E-state index in [-0.39, 0.29) is 0 Å². The third kappa shape index (κ3) is 2.61. The van der Waals surface area contributed by atoms with E-state index in [4.69, 9.17) is 17.3 Å². The molecule has 0 spiro atoms.